The van der Waals surface area contributed by atoms with E-state index in [1.165, 1.54) is 35.6 Å². The van der Waals surface area contributed by atoms with Gasteiger partial charge >= 0.3 is 0 Å². The first-order chi connectivity index (χ1) is 13.8. The molecule has 1 heterocycles. The molecule has 0 saturated carbocycles. The molecule has 3 aromatic rings. The first kappa shape index (κ1) is 20.9. The Balaban J connectivity index is 1.89. The number of aromatic nitrogens is 2. The zero-order chi connectivity index (χ0) is 21.0. The molecule has 1 N–H and O–H groups in total. The van der Waals surface area contributed by atoms with Crippen molar-refractivity contribution in [2.75, 3.05) is 5.32 Å². The van der Waals surface area contributed by atoms with Crippen molar-refractivity contribution < 1.29 is 14.1 Å². The topological polar surface area (TPSA) is 98.0 Å². The third-order valence-corrected chi connectivity index (χ3v) is 5.73. The SMILES string of the molecule is CC(C)Cc1nnc(NC(=O)c2cc([N+](=O)[O-])ccc2Sc2ccccc2F)s1. The summed E-state index contributed by atoms with van der Waals surface area (Å²) in [5.41, 5.74) is -0.168. The minimum atomic E-state index is -0.583. The molecule has 3 rings (SSSR count). The number of amides is 1. The summed E-state index contributed by atoms with van der Waals surface area (Å²) in [4.78, 5) is 24.1. The molecule has 2 aromatic carbocycles. The number of nitro benzene ring substituents is 1. The van der Waals surface area contributed by atoms with Crippen molar-refractivity contribution in [3.8, 4) is 0 Å². The number of rotatable bonds is 7. The summed E-state index contributed by atoms with van der Waals surface area (Å²) >= 11 is 2.27. The molecule has 0 fully saturated rings. The van der Waals surface area contributed by atoms with E-state index in [2.05, 4.69) is 29.4 Å². The highest BCUT2D eigenvalue weighted by atomic mass is 32.2. The van der Waals surface area contributed by atoms with E-state index in [0.717, 1.165) is 23.2 Å². The third-order valence-electron chi connectivity index (χ3n) is 3.75. The molecule has 0 aliphatic rings. The van der Waals surface area contributed by atoms with Gasteiger partial charge in [-0.2, -0.15) is 0 Å². The van der Waals surface area contributed by atoms with Crippen molar-refractivity contribution in [2.24, 2.45) is 5.92 Å². The summed E-state index contributed by atoms with van der Waals surface area (Å²) in [6, 6.07) is 10.0. The van der Waals surface area contributed by atoms with Crippen molar-refractivity contribution in [3.63, 3.8) is 0 Å². The molecule has 0 atom stereocenters. The maximum absolute atomic E-state index is 14.0. The van der Waals surface area contributed by atoms with Crippen molar-refractivity contribution >= 4 is 39.8 Å². The van der Waals surface area contributed by atoms with E-state index in [0.29, 0.717) is 20.8 Å². The fourth-order valence-corrected chi connectivity index (χ4v) is 4.34. The van der Waals surface area contributed by atoms with Gasteiger partial charge in [-0.1, -0.05) is 49.1 Å². The molecular formula is C19H17FN4O3S2. The number of benzene rings is 2. The second kappa shape index (κ2) is 9.10. The Labute approximate surface area is 174 Å². The van der Waals surface area contributed by atoms with Crippen LogP contribution in [0.25, 0.3) is 0 Å². The van der Waals surface area contributed by atoms with Crippen LogP contribution >= 0.6 is 23.1 Å². The van der Waals surface area contributed by atoms with E-state index >= 15 is 0 Å². The smallest absolute Gasteiger partial charge is 0.270 e. The first-order valence-electron chi connectivity index (χ1n) is 8.68. The van der Waals surface area contributed by atoms with E-state index in [1.54, 1.807) is 18.2 Å². The van der Waals surface area contributed by atoms with Crippen molar-refractivity contribution in [2.45, 2.75) is 30.1 Å². The summed E-state index contributed by atoms with van der Waals surface area (Å²) in [5, 5.41) is 22.9. The standard InChI is InChI=1S/C19H17FN4O3S2/c1-11(2)9-17-22-23-19(29-17)21-18(25)13-10-12(24(26)27)7-8-15(13)28-16-6-4-3-5-14(16)20/h3-8,10-11H,9H2,1-2H3,(H,21,23,25). The number of nitrogens with one attached hydrogen (secondary N) is 1. The van der Waals surface area contributed by atoms with Crippen LogP contribution in [0.5, 0.6) is 0 Å². The molecule has 150 valence electrons. The fourth-order valence-electron chi connectivity index (χ4n) is 2.44. The minimum absolute atomic E-state index is 0.0630. The van der Waals surface area contributed by atoms with Gasteiger partial charge < -0.3 is 0 Å². The normalized spacial score (nSPS) is 10.9. The van der Waals surface area contributed by atoms with Crippen LogP contribution in [-0.2, 0) is 6.42 Å². The van der Waals surface area contributed by atoms with Gasteiger partial charge in [-0.05, 0) is 24.1 Å². The average Bonchev–Trinajstić information content (AvgIpc) is 3.09. The van der Waals surface area contributed by atoms with Crippen LogP contribution in [0.1, 0.15) is 29.2 Å². The predicted octanol–water partition coefficient (Wildman–Crippen LogP) is 5.19. The molecule has 0 saturated heterocycles. The van der Waals surface area contributed by atoms with Crippen LogP contribution in [0.2, 0.25) is 0 Å². The van der Waals surface area contributed by atoms with Crippen LogP contribution in [0.4, 0.5) is 15.2 Å². The first-order valence-corrected chi connectivity index (χ1v) is 10.3. The Morgan fingerprint density at radius 2 is 2.00 bits per heavy atom. The van der Waals surface area contributed by atoms with Crippen molar-refractivity contribution in [1.29, 1.82) is 0 Å². The van der Waals surface area contributed by atoms with Crippen LogP contribution in [0, 0.1) is 21.8 Å². The molecule has 0 radical (unpaired) electrons. The largest absolute Gasteiger partial charge is 0.296 e. The van der Waals surface area contributed by atoms with Gasteiger partial charge in [0.15, 0.2) is 0 Å². The Hall–Kier alpha value is -2.85. The molecule has 7 nitrogen and oxygen atoms in total. The second-order valence-corrected chi connectivity index (χ2v) is 8.67. The van der Waals surface area contributed by atoms with Crippen LogP contribution in [-0.4, -0.2) is 21.0 Å². The number of hydrogen-bond donors (Lipinski definition) is 1. The molecule has 0 aliphatic carbocycles. The molecule has 10 heteroatoms. The number of hydrogen-bond acceptors (Lipinski definition) is 7. The van der Waals surface area contributed by atoms with Gasteiger partial charge in [-0.15, -0.1) is 10.2 Å². The van der Waals surface area contributed by atoms with Crippen LogP contribution < -0.4 is 5.32 Å². The van der Waals surface area contributed by atoms with Gasteiger partial charge in [0, 0.05) is 28.3 Å². The second-order valence-electron chi connectivity index (χ2n) is 6.52. The molecule has 0 unspecified atom stereocenters. The lowest BCUT2D eigenvalue weighted by Crippen LogP contribution is -2.13. The van der Waals surface area contributed by atoms with Gasteiger partial charge in [0.2, 0.25) is 5.13 Å². The lowest BCUT2D eigenvalue weighted by atomic mass is 10.1. The lowest BCUT2D eigenvalue weighted by molar-refractivity contribution is -0.384. The summed E-state index contributed by atoms with van der Waals surface area (Å²) in [5.74, 6) is -0.614. The number of non-ortho nitro benzene ring substituents is 1. The highest BCUT2D eigenvalue weighted by Crippen LogP contribution is 2.34. The summed E-state index contributed by atoms with van der Waals surface area (Å²) in [7, 11) is 0. The van der Waals surface area contributed by atoms with Gasteiger partial charge in [-0.25, -0.2) is 4.39 Å². The average molecular weight is 433 g/mol. The van der Waals surface area contributed by atoms with E-state index in [4.69, 9.17) is 0 Å². The van der Waals surface area contributed by atoms with E-state index < -0.39 is 16.6 Å². The number of halogens is 1. The quantitative estimate of drug-likeness (QED) is 0.408. The monoisotopic (exact) mass is 432 g/mol. The third kappa shape index (κ3) is 5.36. The number of nitrogens with zero attached hydrogens (tertiary/aromatic N) is 3. The number of nitro groups is 1. The molecule has 1 aromatic heterocycles. The highest BCUT2D eigenvalue weighted by Gasteiger charge is 2.20. The zero-order valence-electron chi connectivity index (χ0n) is 15.6. The number of carbonyl (C=O) groups is 1. The lowest BCUT2D eigenvalue weighted by Gasteiger charge is -2.09. The Morgan fingerprint density at radius 3 is 2.69 bits per heavy atom. The van der Waals surface area contributed by atoms with Gasteiger partial charge in [0.25, 0.3) is 11.6 Å². The van der Waals surface area contributed by atoms with Crippen LogP contribution in [0.3, 0.4) is 0 Å². The Bertz CT molecular complexity index is 1060. The maximum Gasteiger partial charge on any atom is 0.270 e. The maximum atomic E-state index is 14.0. The van der Waals surface area contributed by atoms with Gasteiger partial charge in [0.05, 0.1) is 10.5 Å². The van der Waals surface area contributed by atoms with Gasteiger partial charge in [0.1, 0.15) is 10.8 Å². The summed E-state index contributed by atoms with van der Waals surface area (Å²) in [6.45, 7) is 4.10. The zero-order valence-corrected chi connectivity index (χ0v) is 17.2. The molecule has 1 amide bonds. The molecule has 0 bridgehead atoms. The van der Waals surface area contributed by atoms with E-state index in [9.17, 15) is 19.3 Å². The van der Waals surface area contributed by atoms with E-state index in [1.807, 2.05) is 0 Å². The Morgan fingerprint density at radius 1 is 1.24 bits per heavy atom. The number of carbonyl (C=O) groups excluding carboxylic acids is 1. The summed E-state index contributed by atoms with van der Waals surface area (Å²) < 4.78 is 14.0. The molecule has 0 spiro atoms. The fraction of sp³-hybridized carbons (Fsp3) is 0.211. The van der Waals surface area contributed by atoms with Crippen molar-refractivity contribution in [3.05, 3.63) is 69.0 Å². The summed E-state index contributed by atoms with van der Waals surface area (Å²) in [6.07, 6.45) is 0.735. The van der Waals surface area contributed by atoms with E-state index in [-0.39, 0.29) is 11.3 Å². The van der Waals surface area contributed by atoms with Crippen molar-refractivity contribution in [1.82, 2.24) is 10.2 Å². The Kier molecular flexibility index (Phi) is 6.55. The number of anilines is 1. The van der Waals surface area contributed by atoms with Gasteiger partial charge in [-0.3, -0.25) is 20.2 Å². The van der Waals surface area contributed by atoms with Crippen LogP contribution in [0.15, 0.2) is 52.3 Å². The highest BCUT2D eigenvalue weighted by molar-refractivity contribution is 7.99. The molecule has 29 heavy (non-hydrogen) atoms. The predicted molar refractivity (Wildman–Crippen MR) is 110 cm³/mol. The minimum Gasteiger partial charge on any atom is -0.296 e. The molecular weight excluding hydrogens is 415 g/mol. The molecule has 0 aliphatic heterocycles.